The van der Waals surface area contributed by atoms with Gasteiger partial charge in [0.2, 0.25) is 5.78 Å². The quantitative estimate of drug-likeness (QED) is 0.383. The van der Waals surface area contributed by atoms with E-state index in [-0.39, 0.29) is 0 Å². The van der Waals surface area contributed by atoms with Crippen LogP contribution < -0.4 is 0 Å². The summed E-state index contributed by atoms with van der Waals surface area (Å²) in [5.74, 6) is -2.28. The third kappa shape index (κ3) is 2.29. The Morgan fingerprint density at radius 2 is 1.94 bits per heavy atom. The maximum Gasteiger partial charge on any atom is 0.374 e. The van der Waals surface area contributed by atoms with Crippen molar-refractivity contribution < 1.29 is 19.1 Å². The minimum Gasteiger partial charge on any atom is -0.463 e. The van der Waals surface area contributed by atoms with Crippen molar-refractivity contribution in [3.05, 3.63) is 36.0 Å². The second-order valence-corrected chi connectivity index (χ2v) is 3.78. The number of carbonyl (C=O) groups is 3. The van der Waals surface area contributed by atoms with Gasteiger partial charge in [0.05, 0.1) is 19.2 Å². The highest BCUT2D eigenvalue weighted by molar-refractivity contribution is 6.38. The minimum absolute atomic E-state index is 0.313. The first-order chi connectivity index (χ1) is 8.61. The van der Waals surface area contributed by atoms with E-state index in [1.807, 2.05) is 24.3 Å². The molecule has 0 saturated heterocycles. The molecular weight excluding hydrogens is 234 g/mol. The Morgan fingerprint density at radius 3 is 2.61 bits per heavy atom. The third-order valence-corrected chi connectivity index (χ3v) is 2.56. The molecule has 0 spiro atoms. The van der Waals surface area contributed by atoms with E-state index >= 15 is 0 Å². The summed E-state index contributed by atoms with van der Waals surface area (Å²) in [6.07, 6.45) is -0.487. The van der Waals surface area contributed by atoms with Gasteiger partial charge in [0.1, 0.15) is 0 Å². The van der Waals surface area contributed by atoms with Crippen molar-refractivity contribution in [3.8, 4) is 0 Å². The summed E-state index contributed by atoms with van der Waals surface area (Å²) in [5, 5.41) is 0.881. The molecule has 1 heterocycles. The standard InChI is InChI=1S/C13H11NO4/c1-18-13(17)12(16)7-11(15)10-6-8-4-2-3-5-9(8)14-10/h2-6,14H,7H2,1H3. The van der Waals surface area contributed by atoms with Gasteiger partial charge in [-0.25, -0.2) is 4.79 Å². The van der Waals surface area contributed by atoms with Crippen molar-refractivity contribution in [2.45, 2.75) is 6.42 Å². The molecule has 0 aliphatic rings. The number of rotatable bonds is 4. The van der Waals surface area contributed by atoms with Gasteiger partial charge in [0, 0.05) is 10.9 Å². The van der Waals surface area contributed by atoms with Crippen molar-refractivity contribution in [1.82, 2.24) is 4.98 Å². The first kappa shape index (κ1) is 12.0. The summed E-state index contributed by atoms with van der Waals surface area (Å²) in [4.78, 5) is 36.9. The number of carbonyl (C=O) groups excluding carboxylic acids is 3. The first-order valence-corrected chi connectivity index (χ1v) is 5.34. The number of ether oxygens (including phenoxy) is 1. The van der Waals surface area contributed by atoms with Gasteiger partial charge < -0.3 is 9.72 Å². The highest BCUT2D eigenvalue weighted by Gasteiger charge is 2.20. The van der Waals surface area contributed by atoms with E-state index in [4.69, 9.17) is 0 Å². The SMILES string of the molecule is COC(=O)C(=O)CC(=O)c1cc2ccccc2[nH]1. The van der Waals surface area contributed by atoms with E-state index < -0.39 is 24.0 Å². The van der Waals surface area contributed by atoms with E-state index in [9.17, 15) is 14.4 Å². The number of Topliss-reactive ketones (excluding diaryl/α,β-unsaturated/α-hetero) is 2. The van der Waals surface area contributed by atoms with E-state index in [0.717, 1.165) is 18.0 Å². The lowest BCUT2D eigenvalue weighted by molar-refractivity contribution is -0.151. The number of hydrogen-bond donors (Lipinski definition) is 1. The lowest BCUT2D eigenvalue weighted by atomic mass is 10.1. The molecule has 92 valence electrons. The van der Waals surface area contributed by atoms with Crippen molar-refractivity contribution >= 4 is 28.4 Å². The lowest BCUT2D eigenvalue weighted by Gasteiger charge is -1.96. The van der Waals surface area contributed by atoms with Crippen LogP contribution in [0.1, 0.15) is 16.9 Å². The molecule has 18 heavy (non-hydrogen) atoms. The van der Waals surface area contributed by atoms with Crippen molar-refractivity contribution in [1.29, 1.82) is 0 Å². The molecule has 2 aromatic rings. The van der Waals surface area contributed by atoms with Crippen molar-refractivity contribution in [2.24, 2.45) is 0 Å². The van der Waals surface area contributed by atoms with Gasteiger partial charge in [-0.15, -0.1) is 0 Å². The molecule has 1 aromatic heterocycles. The van der Waals surface area contributed by atoms with Gasteiger partial charge in [-0.3, -0.25) is 9.59 Å². The zero-order chi connectivity index (χ0) is 13.1. The van der Waals surface area contributed by atoms with Crippen LogP contribution in [-0.2, 0) is 14.3 Å². The number of fused-ring (bicyclic) bond motifs is 1. The van der Waals surface area contributed by atoms with E-state index in [1.165, 1.54) is 0 Å². The van der Waals surface area contributed by atoms with E-state index in [0.29, 0.717) is 5.69 Å². The summed E-state index contributed by atoms with van der Waals surface area (Å²) in [7, 11) is 1.10. The fourth-order valence-electron chi connectivity index (χ4n) is 1.65. The first-order valence-electron chi connectivity index (χ1n) is 5.34. The maximum absolute atomic E-state index is 11.8. The number of hydrogen-bond acceptors (Lipinski definition) is 4. The second kappa shape index (κ2) is 4.83. The topological polar surface area (TPSA) is 76.2 Å². The number of aromatic nitrogens is 1. The molecule has 5 heteroatoms. The predicted molar refractivity (Wildman–Crippen MR) is 64.3 cm³/mol. The maximum atomic E-state index is 11.8. The Hall–Kier alpha value is -2.43. The number of para-hydroxylation sites is 1. The Bertz CT molecular complexity index is 594. The lowest BCUT2D eigenvalue weighted by Crippen LogP contribution is -2.19. The van der Waals surface area contributed by atoms with Crippen molar-refractivity contribution in [2.75, 3.05) is 7.11 Å². The summed E-state index contributed by atoms with van der Waals surface area (Å²) < 4.78 is 4.26. The van der Waals surface area contributed by atoms with Crippen LogP contribution in [0.5, 0.6) is 0 Å². The Labute approximate surface area is 103 Å². The van der Waals surface area contributed by atoms with Gasteiger partial charge in [-0.05, 0) is 12.1 Å². The van der Waals surface area contributed by atoms with E-state index in [1.54, 1.807) is 6.07 Å². The Balaban J connectivity index is 2.18. The van der Waals surface area contributed by atoms with Gasteiger partial charge >= 0.3 is 5.97 Å². The van der Waals surface area contributed by atoms with Crippen LogP contribution in [0.15, 0.2) is 30.3 Å². The number of methoxy groups -OCH3 is 1. The van der Waals surface area contributed by atoms with Crippen LogP contribution in [0, 0.1) is 0 Å². The largest absolute Gasteiger partial charge is 0.463 e. The minimum atomic E-state index is -1.00. The van der Waals surface area contributed by atoms with Crippen LogP contribution in [0.2, 0.25) is 0 Å². The average molecular weight is 245 g/mol. The molecule has 0 fully saturated rings. The normalized spacial score (nSPS) is 10.3. The zero-order valence-electron chi connectivity index (χ0n) is 9.73. The van der Waals surface area contributed by atoms with Gasteiger partial charge in [-0.1, -0.05) is 18.2 Å². The molecule has 0 amide bonds. The highest BCUT2D eigenvalue weighted by atomic mass is 16.5. The summed E-state index contributed by atoms with van der Waals surface area (Å²) in [6, 6.07) is 9.03. The van der Waals surface area contributed by atoms with Crippen LogP contribution in [-0.4, -0.2) is 29.6 Å². The molecule has 1 aromatic carbocycles. The summed E-state index contributed by atoms with van der Waals surface area (Å²) in [5.41, 5.74) is 1.12. The Morgan fingerprint density at radius 1 is 1.22 bits per heavy atom. The number of esters is 1. The molecule has 0 aliphatic carbocycles. The fraction of sp³-hybridized carbons (Fsp3) is 0.154. The van der Waals surface area contributed by atoms with Crippen molar-refractivity contribution in [3.63, 3.8) is 0 Å². The van der Waals surface area contributed by atoms with Gasteiger partial charge in [0.25, 0.3) is 0 Å². The Kier molecular flexibility index (Phi) is 3.23. The monoisotopic (exact) mass is 245 g/mol. The molecule has 2 rings (SSSR count). The van der Waals surface area contributed by atoms with Crippen LogP contribution >= 0.6 is 0 Å². The number of nitrogens with one attached hydrogen (secondary N) is 1. The fourth-order valence-corrected chi connectivity index (χ4v) is 1.65. The third-order valence-electron chi connectivity index (χ3n) is 2.56. The molecule has 5 nitrogen and oxygen atoms in total. The molecular formula is C13H11NO4. The molecule has 1 N–H and O–H groups in total. The average Bonchev–Trinajstić information content (AvgIpc) is 2.81. The summed E-state index contributed by atoms with van der Waals surface area (Å²) in [6.45, 7) is 0. The number of benzene rings is 1. The van der Waals surface area contributed by atoms with Crippen LogP contribution in [0.4, 0.5) is 0 Å². The summed E-state index contributed by atoms with van der Waals surface area (Å²) >= 11 is 0. The van der Waals surface area contributed by atoms with Crippen LogP contribution in [0.3, 0.4) is 0 Å². The molecule has 0 bridgehead atoms. The second-order valence-electron chi connectivity index (χ2n) is 3.78. The predicted octanol–water partition coefficient (Wildman–Crippen LogP) is 1.48. The number of ketones is 2. The smallest absolute Gasteiger partial charge is 0.374 e. The molecule has 0 unspecified atom stereocenters. The number of aromatic amines is 1. The van der Waals surface area contributed by atoms with Gasteiger partial charge in [-0.2, -0.15) is 0 Å². The van der Waals surface area contributed by atoms with E-state index in [2.05, 4.69) is 9.72 Å². The highest BCUT2D eigenvalue weighted by Crippen LogP contribution is 2.15. The molecule has 0 aliphatic heterocycles. The molecule has 0 saturated carbocycles. The molecule has 0 atom stereocenters. The molecule has 0 radical (unpaired) electrons. The number of H-pyrrole nitrogens is 1. The van der Waals surface area contributed by atoms with Crippen LogP contribution in [0.25, 0.3) is 10.9 Å². The zero-order valence-corrected chi connectivity index (χ0v) is 9.73. The van der Waals surface area contributed by atoms with Gasteiger partial charge in [0.15, 0.2) is 5.78 Å².